The van der Waals surface area contributed by atoms with E-state index in [4.69, 9.17) is 0 Å². The van der Waals surface area contributed by atoms with Crippen LogP contribution in [0.25, 0.3) is 0 Å². The second kappa shape index (κ2) is 4.14. The summed E-state index contributed by atoms with van der Waals surface area (Å²) >= 11 is 0. The molecule has 0 aromatic heterocycles. The van der Waals surface area contributed by atoms with Gasteiger partial charge >= 0.3 is 0 Å². The summed E-state index contributed by atoms with van der Waals surface area (Å²) in [4.78, 5) is 12.9. The summed E-state index contributed by atoms with van der Waals surface area (Å²) in [6, 6.07) is 7.26. The van der Waals surface area contributed by atoms with Gasteiger partial charge in [0, 0.05) is 13.5 Å². The molecule has 1 unspecified atom stereocenters. The van der Waals surface area contributed by atoms with Gasteiger partial charge < -0.3 is 4.90 Å². The number of benzene rings is 1. The number of hydrogen-bond donors (Lipinski definition) is 0. The Hall–Kier alpha value is -1.36. The van der Waals surface area contributed by atoms with E-state index in [1.165, 1.54) is 4.90 Å². The Kier molecular flexibility index (Phi) is 2.95. The first kappa shape index (κ1) is 12.1. The fourth-order valence-electron chi connectivity index (χ4n) is 2.05. The number of rotatable bonds is 1. The van der Waals surface area contributed by atoms with E-state index in [-0.39, 0.29) is 18.1 Å². The summed E-state index contributed by atoms with van der Waals surface area (Å²) in [5, 5.41) is -0.829. The molecule has 0 saturated carbocycles. The van der Waals surface area contributed by atoms with Crippen LogP contribution in [0.15, 0.2) is 24.3 Å². The molecule has 1 aliphatic rings. The molecular weight excluding hydrogens is 238 g/mol. The average Bonchev–Trinajstić information content (AvgIpc) is 2.27. The van der Waals surface area contributed by atoms with Crippen LogP contribution in [-0.4, -0.2) is 32.0 Å². The van der Waals surface area contributed by atoms with Crippen molar-refractivity contribution in [3.8, 4) is 0 Å². The smallest absolute Gasteiger partial charge is 0.224 e. The molecule has 1 atom stereocenters. The second-order valence-corrected chi connectivity index (χ2v) is 6.57. The summed E-state index contributed by atoms with van der Waals surface area (Å²) < 4.78 is 24.1. The second-order valence-electron chi connectivity index (χ2n) is 4.38. The molecule has 1 aliphatic heterocycles. The molecule has 0 aliphatic carbocycles. The summed E-state index contributed by atoms with van der Waals surface area (Å²) in [6.45, 7) is 1.94. The SMILES string of the molecule is Cc1ccc(C2N(C)C(=O)CCS2(=O)=O)cc1. The fourth-order valence-corrected chi connectivity index (χ4v) is 3.90. The van der Waals surface area contributed by atoms with Crippen molar-refractivity contribution in [1.82, 2.24) is 4.90 Å². The Labute approximate surface area is 101 Å². The van der Waals surface area contributed by atoms with Crippen molar-refractivity contribution in [2.24, 2.45) is 0 Å². The van der Waals surface area contributed by atoms with Crippen molar-refractivity contribution >= 4 is 15.7 Å². The maximum Gasteiger partial charge on any atom is 0.224 e. The molecule has 5 heteroatoms. The van der Waals surface area contributed by atoms with E-state index >= 15 is 0 Å². The lowest BCUT2D eigenvalue weighted by atomic mass is 10.1. The van der Waals surface area contributed by atoms with Crippen LogP contribution in [0.4, 0.5) is 0 Å². The number of carbonyl (C=O) groups excluding carboxylic acids is 1. The Morgan fingerprint density at radius 2 is 1.82 bits per heavy atom. The maximum atomic E-state index is 12.0. The summed E-state index contributed by atoms with van der Waals surface area (Å²) in [5.74, 6) is -0.181. The summed E-state index contributed by atoms with van der Waals surface area (Å²) in [6.07, 6.45) is 0.0845. The lowest BCUT2D eigenvalue weighted by Gasteiger charge is -2.32. The Balaban J connectivity index is 2.46. The predicted octanol–water partition coefficient (Wildman–Crippen LogP) is 1.27. The molecule has 1 fully saturated rings. The third-order valence-electron chi connectivity index (χ3n) is 3.05. The van der Waals surface area contributed by atoms with E-state index in [1.807, 2.05) is 19.1 Å². The van der Waals surface area contributed by atoms with Gasteiger partial charge in [0.2, 0.25) is 5.91 Å². The van der Waals surface area contributed by atoms with Gasteiger partial charge in [0.15, 0.2) is 15.2 Å². The van der Waals surface area contributed by atoms with Gasteiger partial charge in [-0.1, -0.05) is 29.8 Å². The van der Waals surface area contributed by atoms with Crippen LogP contribution in [0.1, 0.15) is 22.9 Å². The van der Waals surface area contributed by atoms with Gasteiger partial charge in [0.25, 0.3) is 0 Å². The van der Waals surface area contributed by atoms with E-state index < -0.39 is 15.2 Å². The van der Waals surface area contributed by atoms with Crippen LogP contribution in [0.5, 0.6) is 0 Å². The first-order chi connectivity index (χ1) is 7.92. The Morgan fingerprint density at radius 3 is 2.41 bits per heavy atom. The highest BCUT2D eigenvalue weighted by Gasteiger charge is 2.38. The zero-order valence-electron chi connectivity index (χ0n) is 9.88. The number of aryl methyl sites for hydroxylation is 1. The molecular formula is C12H15NO3S. The van der Waals surface area contributed by atoms with Crippen molar-refractivity contribution in [3.05, 3.63) is 35.4 Å². The minimum absolute atomic E-state index is 0.0608. The molecule has 1 saturated heterocycles. The van der Waals surface area contributed by atoms with Gasteiger partial charge in [0.05, 0.1) is 5.75 Å². The standard InChI is InChI=1S/C12H15NO3S/c1-9-3-5-10(6-4-9)12-13(2)11(14)7-8-17(12,15)16/h3-6,12H,7-8H2,1-2H3. The molecule has 1 aromatic rings. The molecule has 0 bridgehead atoms. The van der Waals surface area contributed by atoms with Crippen LogP contribution in [0, 0.1) is 6.92 Å². The van der Waals surface area contributed by atoms with Gasteiger partial charge in [-0.2, -0.15) is 0 Å². The zero-order valence-corrected chi connectivity index (χ0v) is 10.7. The van der Waals surface area contributed by atoms with Crippen molar-refractivity contribution in [3.63, 3.8) is 0 Å². The van der Waals surface area contributed by atoms with Gasteiger partial charge in [-0.15, -0.1) is 0 Å². The third-order valence-corrected chi connectivity index (χ3v) is 5.09. The van der Waals surface area contributed by atoms with Crippen molar-refractivity contribution in [1.29, 1.82) is 0 Å². The molecule has 0 spiro atoms. The molecule has 2 rings (SSSR count). The molecule has 0 radical (unpaired) electrons. The van der Waals surface area contributed by atoms with Crippen LogP contribution < -0.4 is 0 Å². The highest BCUT2D eigenvalue weighted by atomic mass is 32.2. The van der Waals surface area contributed by atoms with E-state index in [9.17, 15) is 13.2 Å². The van der Waals surface area contributed by atoms with Gasteiger partial charge in [0.1, 0.15) is 0 Å². The van der Waals surface area contributed by atoms with Gasteiger partial charge in [-0.3, -0.25) is 4.79 Å². The zero-order chi connectivity index (χ0) is 12.6. The van der Waals surface area contributed by atoms with Crippen LogP contribution >= 0.6 is 0 Å². The topological polar surface area (TPSA) is 54.5 Å². The Bertz CT molecular complexity index is 533. The van der Waals surface area contributed by atoms with Crippen LogP contribution in [0.3, 0.4) is 0 Å². The first-order valence-electron chi connectivity index (χ1n) is 5.45. The normalized spacial score (nSPS) is 23.8. The third kappa shape index (κ3) is 2.20. The van der Waals surface area contributed by atoms with E-state index in [0.717, 1.165) is 5.56 Å². The Morgan fingerprint density at radius 1 is 1.24 bits per heavy atom. The lowest BCUT2D eigenvalue weighted by molar-refractivity contribution is -0.130. The number of nitrogens with zero attached hydrogens (tertiary/aromatic N) is 1. The van der Waals surface area contributed by atoms with Crippen molar-refractivity contribution in [2.75, 3.05) is 12.8 Å². The fraction of sp³-hybridized carbons (Fsp3) is 0.417. The molecule has 92 valence electrons. The average molecular weight is 253 g/mol. The highest BCUT2D eigenvalue weighted by molar-refractivity contribution is 7.91. The highest BCUT2D eigenvalue weighted by Crippen LogP contribution is 2.31. The molecule has 1 heterocycles. The van der Waals surface area contributed by atoms with Crippen LogP contribution in [-0.2, 0) is 14.6 Å². The van der Waals surface area contributed by atoms with E-state index in [1.54, 1.807) is 19.2 Å². The maximum absolute atomic E-state index is 12.0. The minimum atomic E-state index is -3.27. The minimum Gasteiger partial charge on any atom is -0.325 e. The predicted molar refractivity (Wildman–Crippen MR) is 65.1 cm³/mol. The largest absolute Gasteiger partial charge is 0.325 e. The van der Waals surface area contributed by atoms with E-state index in [0.29, 0.717) is 5.56 Å². The van der Waals surface area contributed by atoms with Gasteiger partial charge in [-0.05, 0) is 12.5 Å². The molecule has 1 aromatic carbocycles. The summed E-state index contributed by atoms with van der Waals surface area (Å²) in [5.41, 5.74) is 1.72. The number of amides is 1. The molecule has 17 heavy (non-hydrogen) atoms. The van der Waals surface area contributed by atoms with E-state index in [2.05, 4.69) is 0 Å². The molecule has 4 nitrogen and oxygen atoms in total. The van der Waals surface area contributed by atoms with Gasteiger partial charge in [-0.25, -0.2) is 8.42 Å². The molecule has 0 N–H and O–H groups in total. The lowest BCUT2D eigenvalue weighted by Crippen LogP contribution is -2.42. The quantitative estimate of drug-likeness (QED) is 0.757. The number of hydrogen-bond acceptors (Lipinski definition) is 3. The number of carbonyl (C=O) groups is 1. The molecule has 1 amide bonds. The monoisotopic (exact) mass is 253 g/mol. The van der Waals surface area contributed by atoms with Crippen LogP contribution in [0.2, 0.25) is 0 Å². The number of sulfone groups is 1. The summed E-state index contributed by atoms with van der Waals surface area (Å²) in [7, 11) is -1.72. The van der Waals surface area contributed by atoms with Crippen molar-refractivity contribution in [2.45, 2.75) is 18.7 Å². The van der Waals surface area contributed by atoms with Crippen molar-refractivity contribution < 1.29 is 13.2 Å². The first-order valence-corrected chi connectivity index (χ1v) is 7.17.